The Kier molecular flexibility index (Phi) is 5.55. The molecular formula is C21H16F3N3O3S. The van der Waals surface area contributed by atoms with Gasteiger partial charge in [0.15, 0.2) is 4.96 Å². The third kappa shape index (κ3) is 3.93. The number of hydrogen-bond acceptors (Lipinski definition) is 6. The van der Waals surface area contributed by atoms with E-state index in [1.54, 1.807) is 9.78 Å². The zero-order valence-corrected chi connectivity index (χ0v) is 17.2. The summed E-state index contributed by atoms with van der Waals surface area (Å²) in [6.07, 6.45) is -0.0715. The monoisotopic (exact) mass is 447 g/mol. The molecule has 2 aromatic heterocycles. The zero-order valence-electron chi connectivity index (χ0n) is 16.4. The molecule has 0 aliphatic heterocycles. The minimum Gasteiger partial charge on any atom is -0.497 e. The molecule has 0 saturated heterocycles. The van der Waals surface area contributed by atoms with Crippen LogP contribution in [0.15, 0.2) is 41.8 Å². The van der Waals surface area contributed by atoms with E-state index in [4.69, 9.17) is 9.47 Å². The second kappa shape index (κ2) is 8.31. The summed E-state index contributed by atoms with van der Waals surface area (Å²) in [5, 5.41) is 4.75. The Morgan fingerprint density at radius 2 is 1.81 bits per heavy atom. The smallest absolute Gasteiger partial charge is 0.311 e. The second-order valence-corrected chi connectivity index (χ2v) is 7.34. The van der Waals surface area contributed by atoms with Gasteiger partial charge in [-0.15, -0.1) is 11.3 Å². The lowest BCUT2D eigenvalue weighted by atomic mass is 10.1. The van der Waals surface area contributed by atoms with Crippen molar-refractivity contribution in [1.82, 2.24) is 9.38 Å². The molecule has 0 aliphatic carbocycles. The summed E-state index contributed by atoms with van der Waals surface area (Å²) in [6, 6.07) is 7.57. The Morgan fingerprint density at radius 1 is 1.13 bits per heavy atom. The van der Waals surface area contributed by atoms with Crippen LogP contribution in [0, 0.1) is 17.5 Å². The Morgan fingerprint density at radius 3 is 2.42 bits per heavy atom. The van der Waals surface area contributed by atoms with Crippen LogP contribution in [0.4, 0.5) is 24.7 Å². The highest BCUT2D eigenvalue weighted by molar-refractivity contribution is 7.15. The van der Waals surface area contributed by atoms with Gasteiger partial charge in [-0.25, -0.2) is 18.2 Å². The van der Waals surface area contributed by atoms with E-state index < -0.39 is 23.4 Å². The largest absolute Gasteiger partial charge is 0.497 e. The van der Waals surface area contributed by atoms with Crippen LogP contribution < -0.4 is 10.1 Å². The van der Waals surface area contributed by atoms with Gasteiger partial charge in [-0.05, 0) is 24.3 Å². The highest BCUT2D eigenvalue weighted by Gasteiger charge is 2.25. The molecular weight excluding hydrogens is 431 g/mol. The number of carbonyl (C=O) groups is 1. The molecule has 0 aliphatic rings. The van der Waals surface area contributed by atoms with Gasteiger partial charge in [-0.1, -0.05) is 0 Å². The van der Waals surface area contributed by atoms with Gasteiger partial charge in [-0.2, -0.15) is 0 Å². The van der Waals surface area contributed by atoms with Crippen molar-refractivity contribution in [2.75, 3.05) is 19.5 Å². The van der Waals surface area contributed by atoms with E-state index in [0.29, 0.717) is 16.3 Å². The molecule has 0 fully saturated rings. The molecule has 0 spiro atoms. The van der Waals surface area contributed by atoms with Crippen molar-refractivity contribution in [3.63, 3.8) is 0 Å². The van der Waals surface area contributed by atoms with Crippen LogP contribution >= 0.6 is 11.3 Å². The predicted octanol–water partition coefficient (Wildman–Crippen LogP) is 4.95. The molecule has 1 N–H and O–H groups in total. The van der Waals surface area contributed by atoms with E-state index in [1.807, 2.05) is 0 Å². The van der Waals surface area contributed by atoms with Crippen LogP contribution in [-0.4, -0.2) is 29.6 Å². The van der Waals surface area contributed by atoms with Gasteiger partial charge < -0.3 is 14.8 Å². The fourth-order valence-electron chi connectivity index (χ4n) is 3.11. The topological polar surface area (TPSA) is 64.9 Å². The third-order valence-corrected chi connectivity index (χ3v) is 5.46. The standard InChI is InChI=1S/C21H16F3N3O3S/c1-29-14-8-15(23)18(16(24)9-14)19-20(25-12-5-3-11(22)4-6-12)27-13(7-17(28)30-2)10-31-21(27)26-19/h3-6,8-10,25H,7H2,1-2H3. The Labute approximate surface area is 178 Å². The maximum absolute atomic E-state index is 14.8. The maximum Gasteiger partial charge on any atom is 0.311 e. The fraction of sp³-hybridized carbons (Fsp3) is 0.143. The predicted molar refractivity (Wildman–Crippen MR) is 110 cm³/mol. The third-order valence-electron chi connectivity index (χ3n) is 4.58. The number of nitrogens with zero attached hydrogens (tertiary/aromatic N) is 2. The van der Waals surface area contributed by atoms with Crippen LogP contribution in [0.25, 0.3) is 16.2 Å². The minimum absolute atomic E-state index is 0.0000520. The number of methoxy groups -OCH3 is 2. The number of rotatable bonds is 6. The van der Waals surface area contributed by atoms with Crippen molar-refractivity contribution in [2.45, 2.75) is 6.42 Å². The molecule has 10 heteroatoms. The molecule has 4 aromatic rings. The molecule has 160 valence electrons. The molecule has 0 unspecified atom stereocenters. The molecule has 31 heavy (non-hydrogen) atoms. The highest BCUT2D eigenvalue weighted by Crippen LogP contribution is 2.38. The Balaban J connectivity index is 1.93. The Hall–Kier alpha value is -3.53. The molecule has 2 aromatic carbocycles. The van der Waals surface area contributed by atoms with Crippen molar-refractivity contribution in [2.24, 2.45) is 0 Å². The number of hydrogen-bond donors (Lipinski definition) is 1. The molecule has 0 saturated carbocycles. The number of halogens is 3. The van der Waals surface area contributed by atoms with Crippen molar-refractivity contribution < 1.29 is 27.4 Å². The number of aromatic nitrogens is 2. The van der Waals surface area contributed by atoms with Crippen molar-refractivity contribution in [3.8, 4) is 17.0 Å². The first-order chi connectivity index (χ1) is 14.9. The SMILES string of the molecule is COC(=O)Cc1csc2nc(-c3c(F)cc(OC)cc3F)c(Nc3ccc(F)cc3)n12. The highest BCUT2D eigenvalue weighted by atomic mass is 32.1. The first kappa shape index (κ1) is 20.7. The van der Waals surface area contributed by atoms with Crippen molar-refractivity contribution in [1.29, 1.82) is 0 Å². The van der Waals surface area contributed by atoms with Crippen LogP contribution in [0.3, 0.4) is 0 Å². The van der Waals surface area contributed by atoms with E-state index >= 15 is 0 Å². The van der Waals surface area contributed by atoms with Crippen LogP contribution in [0.1, 0.15) is 5.69 Å². The average Bonchev–Trinajstić information content (AvgIpc) is 3.29. The van der Waals surface area contributed by atoms with Gasteiger partial charge in [0.05, 0.1) is 26.2 Å². The second-order valence-electron chi connectivity index (χ2n) is 6.50. The molecule has 0 amide bonds. The molecule has 0 bridgehead atoms. The fourth-order valence-corrected chi connectivity index (χ4v) is 4.00. The first-order valence-electron chi connectivity index (χ1n) is 9.03. The maximum atomic E-state index is 14.8. The zero-order chi connectivity index (χ0) is 22.1. The molecule has 6 nitrogen and oxygen atoms in total. The van der Waals surface area contributed by atoms with Gasteiger partial charge in [-0.3, -0.25) is 9.20 Å². The van der Waals surface area contributed by atoms with E-state index in [9.17, 15) is 18.0 Å². The number of carbonyl (C=O) groups excluding carboxylic acids is 1. The van der Waals surface area contributed by atoms with E-state index in [2.05, 4.69) is 10.3 Å². The lowest BCUT2D eigenvalue weighted by Gasteiger charge is -2.12. The van der Waals surface area contributed by atoms with Gasteiger partial charge in [0.1, 0.15) is 34.7 Å². The van der Waals surface area contributed by atoms with E-state index in [-0.39, 0.29) is 29.2 Å². The molecule has 2 heterocycles. The average molecular weight is 447 g/mol. The van der Waals surface area contributed by atoms with Gasteiger partial charge in [0.25, 0.3) is 0 Å². The normalized spacial score (nSPS) is 11.0. The molecule has 4 rings (SSSR count). The Bertz CT molecular complexity index is 1250. The quantitative estimate of drug-likeness (QED) is 0.424. The van der Waals surface area contributed by atoms with E-state index in [0.717, 1.165) is 12.1 Å². The summed E-state index contributed by atoms with van der Waals surface area (Å²) in [4.78, 5) is 16.6. The van der Waals surface area contributed by atoms with E-state index in [1.165, 1.54) is 49.8 Å². The van der Waals surface area contributed by atoms with Crippen LogP contribution in [0.5, 0.6) is 5.75 Å². The number of imidazole rings is 1. The van der Waals surface area contributed by atoms with Gasteiger partial charge >= 0.3 is 5.97 Å². The van der Waals surface area contributed by atoms with Crippen LogP contribution in [0.2, 0.25) is 0 Å². The summed E-state index contributed by atoms with van der Waals surface area (Å²) in [7, 11) is 2.58. The molecule has 0 atom stereocenters. The number of fused-ring (bicyclic) bond motifs is 1. The lowest BCUT2D eigenvalue weighted by Crippen LogP contribution is -2.08. The minimum atomic E-state index is -0.862. The number of esters is 1. The summed E-state index contributed by atoms with van der Waals surface area (Å²) in [5.74, 6) is -2.38. The molecule has 0 radical (unpaired) electrons. The number of benzene rings is 2. The van der Waals surface area contributed by atoms with Crippen molar-refractivity contribution >= 4 is 33.8 Å². The summed E-state index contributed by atoms with van der Waals surface area (Å²) in [5.41, 5.74) is 0.629. The van der Waals surface area contributed by atoms with Crippen molar-refractivity contribution in [3.05, 3.63) is 64.9 Å². The van der Waals surface area contributed by atoms with Crippen LogP contribution in [-0.2, 0) is 16.0 Å². The number of thiazole rings is 1. The summed E-state index contributed by atoms with van der Waals surface area (Å²) in [6.45, 7) is 0. The number of ether oxygens (including phenoxy) is 2. The van der Waals surface area contributed by atoms with Gasteiger partial charge in [0, 0.05) is 28.9 Å². The number of nitrogens with one attached hydrogen (secondary N) is 1. The first-order valence-corrected chi connectivity index (χ1v) is 9.91. The van der Waals surface area contributed by atoms with Gasteiger partial charge in [0.2, 0.25) is 0 Å². The summed E-state index contributed by atoms with van der Waals surface area (Å²) < 4.78 is 54.2. The lowest BCUT2D eigenvalue weighted by molar-refractivity contribution is -0.139. The number of anilines is 2. The summed E-state index contributed by atoms with van der Waals surface area (Å²) >= 11 is 1.20.